The van der Waals surface area contributed by atoms with Crippen LogP contribution < -0.4 is 0 Å². The molecule has 0 radical (unpaired) electrons. The van der Waals surface area contributed by atoms with Crippen LogP contribution >= 0.6 is 0 Å². The number of aliphatic hydroxyl groups excluding tert-OH is 6. The zero-order chi connectivity index (χ0) is 21.0. The minimum atomic E-state index is -1.53. The summed E-state index contributed by atoms with van der Waals surface area (Å²) in [5.74, 6) is 0. The van der Waals surface area contributed by atoms with Gasteiger partial charge in [-0.05, 0) is 5.56 Å². The largest absolute Gasteiger partial charge is 0.394 e. The van der Waals surface area contributed by atoms with E-state index in [1.165, 1.54) is 0 Å². The van der Waals surface area contributed by atoms with Gasteiger partial charge in [0.15, 0.2) is 6.29 Å². The van der Waals surface area contributed by atoms with E-state index in [9.17, 15) is 25.5 Å². The van der Waals surface area contributed by atoms with E-state index in [0.717, 1.165) is 5.56 Å². The first-order valence-electron chi connectivity index (χ1n) is 9.48. The molecular formula is C19H28O10. The second-order valence-electron chi connectivity index (χ2n) is 7.18. The molecule has 9 atom stereocenters. The molecular weight excluding hydrogens is 388 g/mol. The van der Waals surface area contributed by atoms with Crippen molar-refractivity contribution in [2.45, 2.75) is 61.7 Å². The molecule has 0 bridgehead atoms. The zero-order valence-electron chi connectivity index (χ0n) is 15.7. The van der Waals surface area contributed by atoms with Crippen LogP contribution in [0.15, 0.2) is 30.3 Å². The van der Waals surface area contributed by atoms with Crippen LogP contribution in [0.2, 0.25) is 0 Å². The summed E-state index contributed by atoms with van der Waals surface area (Å²) in [7, 11) is 0. The molecule has 0 unspecified atom stereocenters. The van der Waals surface area contributed by atoms with E-state index in [1.54, 1.807) is 0 Å². The van der Waals surface area contributed by atoms with Crippen molar-refractivity contribution in [3.63, 3.8) is 0 Å². The molecule has 0 saturated carbocycles. The Kier molecular flexibility index (Phi) is 7.93. The van der Waals surface area contributed by atoms with E-state index in [2.05, 4.69) is 0 Å². The minimum Gasteiger partial charge on any atom is -0.394 e. The average molecular weight is 416 g/mol. The summed E-state index contributed by atoms with van der Waals surface area (Å²) in [6, 6.07) is 9.20. The van der Waals surface area contributed by atoms with Crippen LogP contribution in [0.1, 0.15) is 5.56 Å². The van der Waals surface area contributed by atoms with Crippen molar-refractivity contribution < 1.29 is 49.6 Å². The molecule has 3 rings (SSSR count). The van der Waals surface area contributed by atoms with Gasteiger partial charge in [-0.2, -0.15) is 0 Å². The fourth-order valence-electron chi connectivity index (χ4n) is 3.45. The van der Waals surface area contributed by atoms with Crippen LogP contribution in [0, 0.1) is 0 Å². The third kappa shape index (κ3) is 5.12. The molecule has 164 valence electrons. The topological polar surface area (TPSA) is 158 Å². The smallest absolute Gasteiger partial charge is 0.187 e. The second-order valence-corrected chi connectivity index (χ2v) is 7.18. The fourth-order valence-corrected chi connectivity index (χ4v) is 3.45. The van der Waals surface area contributed by atoms with Crippen LogP contribution in [-0.2, 0) is 25.6 Å². The van der Waals surface area contributed by atoms with Crippen LogP contribution in [0.5, 0.6) is 0 Å². The van der Waals surface area contributed by atoms with Gasteiger partial charge in [0.25, 0.3) is 0 Å². The lowest BCUT2D eigenvalue weighted by Crippen LogP contribution is -2.62. The van der Waals surface area contributed by atoms with Crippen LogP contribution in [0.3, 0.4) is 0 Å². The highest BCUT2D eigenvalue weighted by Crippen LogP contribution is 2.28. The van der Waals surface area contributed by atoms with Crippen molar-refractivity contribution in [1.82, 2.24) is 0 Å². The maximum Gasteiger partial charge on any atom is 0.187 e. The van der Waals surface area contributed by atoms with Crippen molar-refractivity contribution in [2.75, 3.05) is 19.8 Å². The lowest BCUT2D eigenvalue weighted by atomic mass is 9.97. The fraction of sp³-hybridized carbons (Fsp3) is 0.684. The molecule has 1 aromatic carbocycles. The Morgan fingerprint density at radius 1 is 0.862 bits per heavy atom. The molecule has 2 aliphatic heterocycles. The van der Waals surface area contributed by atoms with Gasteiger partial charge in [-0.3, -0.25) is 0 Å². The Labute approximate surface area is 167 Å². The molecule has 2 saturated heterocycles. The van der Waals surface area contributed by atoms with Gasteiger partial charge in [0.2, 0.25) is 0 Å². The Hall–Kier alpha value is -1.18. The van der Waals surface area contributed by atoms with Gasteiger partial charge in [-0.15, -0.1) is 0 Å². The molecule has 6 N–H and O–H groups in total. The molecule has 2 heterocycles. The van der Waals surface area contributed by atoms with E-state index in [0.29, 0.717) is 0 Å². The first kappa shape index (κ1) is 22.5. The number of rotatable bonds is 7. The predicted octanol–water partition coefficient (Wildman–Crippen LogP) is -2.49. The molecule has 0 aliphatic carbocycles. The summed E-state index contributed by atoms with van der Waals surface area (Å²) >= 11 is 0. The summed E-state index contributed by atoms with van der Waals surface area (Å²) in [5, 5.41) is 59.8. The highest BCUT2D eigenvalue weighted by Gasteiger charge is 2.48. The van der Waals surface area contributed by atoms with Gasteiger partial charge in [-0.25, -0.2) is 0 Å². The number of benzene rings is 1. The SMILES string of the molecule is OC[C@@H]1O[C@@H](O[C@@H]2CO[C@H](CO)[C@@H](O)[C@@H]2O)[C@@H](O)[C@H](O)[C@H]1OCc1ccccc1. The average Bonchev–Trinajstić information content (AvgIpc) is 2.74. The molecule has 0 aromatic heterocycles. The number of aliphatic hydroxyl groups is 6. The maximum atomic E-state index is 10.5. The van der Waals surface area contributed by atoms with Crippen LogP contribution in [-0.4, -0.2) is 106 Å². The number of hydrogen-bond donors (Lipinski definition) is 6. The first-order chi connectivity index (χ1) is 14.0. The van der Waals surface area contributed by atoms with Crippen LogP contribution in [0.4, 0.5) is 0 Å². The number of ether oxygens (including phenoxy) is 4. The summed E-state index contributed by atoms with van der Waals surface area (Å²) in [6.45, 7) is -0.990. The standard InChI is InChI=1S/C19H28O10/c20-6-11-14(22)15(23)13(9-26-11)29-19-17(25)16(24)18(12(7-21)28-19)27-8-10-4-2-1-3-5-10/h1-5,11-25H,6-9H2/t11-,12+,13-,14-,15-,16+,17+,18+,19+/m1/s1. The second kappa shape index (κ2) is 10.2. The highest BCUT2D eigenvalue weighted by atomic mass is 16.7. The molecule has 0 amide bonds. The molecule has 0 spiro atoms. The summed E-state index contributed by atoms with van der Waals surface area (Å²) in [5.41, 5.74) is 0.846. The molecule has 1 aromatic rings. The summed E-state index contributed by atoms with van der Waals surface area (Å²) in [4.78, 5) is 0. The van der Waals surface area contributed by atoms with E-state index in [1.807, 2.05) is 30.3 Å². The van der Waals surface area contributed by atoms with E-state index >= 15 is 0 Å². The lowest BCUT2D eigenvalue weighted by Gasteiger charge is -2.44. The Morgan fingerprint density at radius 3 is 2.21 bits per heavy atom. The van der Waals surface area contributed by atoms with Gasteiger partial charge in [0.05, 0.1) is 26.4 Å². The summed E-state index contributed by atoms with van der Waals surface area (Å²) < 4.78 is 22.0. The maximum absolute atomic E-state index is 10.5. The third-order valence-electron chi connectivity index (χ3n) is 5.18. The van der Waals surface area contributed by atoms with E-state index in [4.69, 9.17) is 24.1 Å². The molecule has 2 aliphatic rings. The molecule has 29 heavy (non-hydrogen) atoms. The van der Waals surface area contributed by atoms with Gasteiger partial charge >= 0.3 is 0 Å². The minimum absolute atomic E-state index is 0.143. The van der Waals surface area contributed by atoms with Gasteiger partial charge in [0, 0.05) is 0 Å². The van der Waals surface area contributed by atoms with Gasteiger partial charge in [0.1, 0.15) is 48.8 Å². The van der Waals surface area contributed by atoms with Crippen molar-refractivity contribution in [3.8, 4) is 0 Å². The monoisotopic (exact) mass is 416 g/mol. The van der Waals surface area contributed by atoms with Crippen molar-refractivity contribution in [3.05, 3.63) is 35.9 Å². The zero-order valence-corrected chi connectivity index (χ0v) is 15.7. The van der Waals surface area contributed by atoms with Gasteiger partial charge in [-0.1, -0.05) is 30.3 Å². The number of hydrogen-bond acceptors (Lipinski definition) is 10. The summed E-state index contributed by atoms with van der Waals surface area (Å²) in [6.07, 6.45) is -11.1. The molecule has 2 fully saturated rings. The predicted molar refractivity (Wildman–Crippen MR) is 96.5 cm³/mol. The molecule has 10 nitrogen and oxygen atoms in total. The quantitative estimate of drug-likeness (QED) is 0.281. The Morgan fingerprint density at radius 2 is 1.55 bits per heavy atom. The first-order valence-corrected chi connectivity index (χ1v) is 9.48. The van der Waals surface area contributed by atoms with Crippen molar-refractivity contribution in [1.29, 1.82) is 0 Å². The molecule has 10 heteroatoms. The van der Waals surface area contributed by atoms with Crippen LogP contribution in [0.25, 0.3) is 0 Å². The third-order valence-corrected chi connectivity index (χ3v) is 5.18. The normalized spacial score (nSPS) is 40.7. The Bertz CT molecular complexity index is 614. The van der Waals surface area contributed by atoms with Crippen molar-refractivity contribution >= 4 is 0 Å². The lowest BCUT2D eigenvalue weighted by molar-refractivity contribution is -0.336. The highest BCUT2D eigenvalue weighted by molar-refractivity contribution is 5.13. The van der Waals surface area contributed by atoms with E-state index < -0.39 is 68.3 Å². The van der Waals surface area contributed by atoms with Gasteiger partial charge < -0.3 is 49.6 Å². The van der Waals surface area contributed by atoms with E-state index in [-0.39, 0.29) is 13.2 Å². The Balaban J connectivity index is 1.61. The van der Waals surface area contributed by atoms with Crippen molar-refractivity contribution in [2.24, 2.45) is 0 Å².